The zero-order chi connectivity index (χ0) is 19.3. The van der Waals surface area contributed by atoms with Gasteiger partial charge in [0.15, 0.2) is 17.6 Å². The topological polar surface area (TPSA) is 54.0 Å². The van der Waals surface area contributed by atoms with E-state index in [0.29, 0.717) is 19.7 Å². The van der Waals surface area contributed by atoms with E-state index in [0.717, 1.165) is 37.6 Å². The second-order valence-corrected chi connectivity index (χ2v) is 7.35. The summed E-state index contributed by atoms with van der Waals surface area (Å²) >= 11 is 0. The van der Waals surface area contributed by atoms with E-state index in [1.165, 1.54) is 11.3 Å². The van der Waals surface area contributed by atoms with E-state index >= 15 is 0 Å². The highest BCUT2D eigenvalue weighted by Gasteiger charge is 2.23. The number of para-hydroxylation sites is 2. The van der Waals surface area contributed by atoms with Crippen molar-refractivity contribution in [3.63, 3.8) is 0 Å². The van der Waals surface area contributed by atoms with Gasteiger partial charge >= 0.3 is 6.03 Å². The predicted molar refractivity (Wildman–Crippen MR) is 109 cm³/mol. The molecule has 4 rings (SSSR count). The molecule has 0 aliphatic carbocycles. The Labute approximate surface area is 166 Å². The number of aryl methyl sites for hydroxylation is 1. The van der Waals surface area contributed by atoms with Gasteiger partial charge in [-0.25, -0.2) is 4.79 Å². The average molecular weight is 381 g/mol. The Morgan fingerprint density at radius 2 is 1.82 bits per heavy atom. The van der Waals surface area contributed by atoms with E-state index in [-0.39, 0.29) is 12.1 Å². The monoisotopic (exact) mass is 381 g/mol. The van der Waals surface area contributed by atoms with Crippen LogP contribution in [0.25, 0.3) is 0 Å². The summed E-state index contributed by atoms with van der Waals surface area (Å²) in [6.45, 7) is 6.25. The first kappa shape index (κ1) is 18.5. The van der Waals surface area contributed by atoms with Crippen LogP contribution in [-0.4, -0.2) is 56.4 Å². The van der Waals surface area contributed by atoms with Gasteiger partial charge in [0.2, 0.25) is 0 Å². The molecule has 0 aromatic heterocycles. The minimum absolute atomic E-state index is 0.0341. The Balaban J connectivity index is 1.27. The molecule has 2 aliphatic heterocycles. The Morgan fingerprint density at radius 3 is 2.64 bits per heavy atom. The Hall–Kier alpha value is -2.89. The molecule has 0 saturated carbocycles. The van der Waals surface area contributed by atoms with E-state index in [1.54, 1.807) is 0 Å². The molecule has 148 valence electrons. The molecule has 1 fully saturated rings. The molecular formula is C22H27N3O3. The van der Waals surface area contributed by atoms with Crippen LogP contribution in [0.3, 0.4) is 0 Å². The van der Waals surface area contributed by atoms with Crippen molar-refractivity contribution < 1.29 is 14.3 Å². The summed E-state index contributed by atoms with van der Waals surface area (Å²) in [6, 6.07) is 16.2. The number of carbonyl (C=O) groups excluding carboxylic acids is 1. The number of hydrogen-bond donors (Lipinski definition) is 1. The quantitative estimate of drug-likeness (QED) is 0.888. The third-order valence-electron chi connectivity index (χ3n) is 5.23. The number of nitrogens with one attached hydrogen (secondary N) is 1. The fraction of sp³-hybridized carbons (Fsp3) is 0.409. The first-order valence-electron chi connectivity index (χ1n) is 9.92. The number of rotatable bonds is 3. The molecule has 1 unspecified atom stereocenters. The van der Waals surface area contributed by atoms with Gasteiger partial charge in [0.25, 0.3) is 0 Å². The molecule has 28 heavy (non-hydrogen) atoms. The van der Waals surface area contributed by atoms with Crippen LogP contribution in [0.15, 0.2) is 48.5 Å². The zero-order valence-corrected chi connectivity index (χ0v) is 16.3. The maximum atomic E-state index is 12.6. The van der Waals surface area contributed by atoms with Gasteiger partial charge in [-0.3, -0.25) is 0 Å². The smallest absolute Gasteiger partial charge is 0.317 e. The van der Waals surface area contributed by atoms with Crippen molar-refractivity contribution in [2.24, 2.45) is 0 Å². The van der Waals surface area contributed by atoms with E-state index in [2.05, 4.69) is 41.4 Å². The Bertz CT molecular complexity index is 809. The van der Waals surface area contributed by atoms with Crippen LogP contribution in [0.4, 0.5) is 10.5 Å². The number of anilines is 1. The van der Waals surface area contributed by atoms with Gasteiger partial charge in [0.05, 0.1) is 6.54 Å². The molecule has 2 aromatic carbocycles. The number of hydrogen-bond acceptors (Lipinski definition) is 4. The second kappa shape index (κ2) is 8.42. The molecule has 6 nitrogen and oxygen atoms in total. The maximum Gasteiger partial charge on any atom is 0.317 e. The lowest BCUT2D eigenvalue weighted by Crippen LogP contribution is -2.47. The van der Waals surface area contributed by atoms with Crippen molar-refractivity contribution in [1.82, 2.24) is 10.2 Å². The fourth-order valence-electron chi connectivity index (χ4n) is 3.61. The number of carbonyl (C=O) groups is 1. The van der Waals surface area contributed by atoms with Gasteiger partial charge in [-0.15, -0.1) is 0 Å². The van der Waals surface area contributed by atoms with Gasteiger partial charge in [-0.1, -0.05) is 29.8 Å². The lowest BCUT2D eigenvalue weighted by Gasteiger charge is -2.28. The van der Waals surface area contributed by atoms with E-state index < -0.39 is 0 Å². The molecule has 1 N–H and O–H groups in total. The number of urea groups is 1. The van der Waals surface area contributed by atoms with Crippen LogP contribution in [0.1, 0.15) is 12.0 Å². The molecule has 0 spiro atoms. The summed E-state index contributed by atoms with van der Waals surface area (Å²) in [4.78, 5) is 16.9. The summed E-state index contributed by atoms with van der Waals surface area (Å²) in [5, 5.41) is 3.01. The highest BCUT2D eigenvalue weighted by molar-refractivity contribution is 5.74. The number of amides is 2. The lowest BCUT2D eigenvalue weighted by molar-refractivity contribution is 0.0902. The highest BCUT2D eigenvalue weighted by atomic mass is 16.6. The minimum atomic E-state index is -0.171. The molecule has 0 bridgehead atoms. The molecule has 1 atom stereocenters. The number of ether oxygens (including phenoxy) is 2. The standard InChI is InChI=1S/C22H27N3O3/c1-17-7-9-18(10-8-17)24-11-4-12-25(14-13-24)22(26)23-15-19-16-27-20-5-2-3-6-21(20)28-19/h2-3,5-10,19H,4,11-16H2,1H3,(H,23,26). The van der Waals surface area contributed by atoms with E-state index in [9.17, 15) is 4.79 Å². The molecule has 0 radical (unpaired) electrons. The Morgan fingerprint density at radius 1 is 1.04 bits per heavy atom. The predicted octanol–water partition coefficient (Wildman–Crippen LogP) is 3.06. The van der Waals surface area contributed by atoms with Gasteiger partial charge < -0.3 is 24.6 Å². The second-order valence-electron chi connectivity index (χ2n) is 7.35. The van der Waals surface area contributed by atoms with Gasteiger partial charge in [0.1, 0.15) is 6.61 Å². The number of benzene rings is 2. The molecular weight excluding hydrogens is 354 g/mol. The van der Waals surface area contributed by atoms with Crippen molar-refractivity contribution in [1.29, 1.82) is 0 Å². The molecule has 2 aliphatic rings. The highest BCUT2D eigenvalue weighted by Crippen LogP contribution is 2.30. The molecule has 2 aromatic rings. The van der Waals surface area contributed by atoms with Crippen molar-refractivity contribution in [3.8, 4) is 11.5 Å². The first-order valence-corrected chi connectivity index (χ1v) is 9.92. The van der Waals surface area contributed by atoms with Gasteiger partial charge in [0, 0.05) is 31.9 Å². The molecule has 2 amide bonds. The van der Waals surface area contributed by atoms with Crippen LogP contribution in [0.5, 0.6) is 11.5 Å². The Kier molecular flexibility index (Phi) is 5.55. The summed E-state index contributed by atoms with van der Waals surface area (Å²) < 4.78 is 11.6. The van der Waals surface area contributed by atoms with Crippen LogP contribution in [-0.2, 0) is 0 Å². The molecule has 2 heterocycles. The summed E-state index contributed by atoms with van der Waals surface area (Å²) in [5.41, 5.74) is 2.48. The maximum absolute atomic E-state index is 12.6. The number of fused-ring (bicyclic) bond motifs is 1. The summed E-state index contributed by atoms with van der Waals surface area (Å²) in [5.74, 6) is 1.49. The fourth-order valence-corrected chi connectivity index (χ4v) is 3.61. The first-order chi connectivity index (χ1) is 13.7. The minimum Gasteiger partial charge on any atom is -0.486 e. The zero-order valence-electron chi connectivity index (χ0n) is 16.3. The third-order valence-corrected chi connectivity index (χ3v) is 5.23. The number of nitrogens with zero attached hydrogens (tertiary/aromatic N) is 2. The van der Waals surface area contributed by atoms with Gasteiger partial charge in [-0.05, 0) is 37.6 Å². The van der Waals surface area contributed by atoms with Crippen LogP contribution in [0.2, 0.25) is 0 Å². The van der Waals surface area contributed by atoms with Crippen LogP contribution >= 0.6 is 0 Å². The van der Waals surface area contributed by atoms with Gasteiger partial charge in [-0.2, -0.15) is 0 Å². The largest absolute Gasteiger partial charge is 0.486 e. The van der Waals surface area contributed by atoms with Crippen LogP contribution < -0.4 is 19.7 Å². The lowest BCUT2D eigenvalue weighted by atomic mass is 10.2. The SMILES string of the molecule is Cc1ccc(N2CCCN(C(=O)NCC3COc4ccccc4O3)CC2)cc1. The molecule has 6 heteroatoms. The normalized spacial score (nSPS) is 19.1. The summed E-state index contributed by atoms with van der Waals surface area (Å²) in [7, 11) is 0. The average Bonchev–Trinajstić information content (AvgIpc) is 2.99. The van der Waals surface area contributed by atoms with Crippen LogP contribution in [0, 0.1) is 6.92 Å². The van der Waals surface area contributed by atoms with Crippen molar-refractivity contribution in [2.75, 3.05) is 44.2 Å². The molecule has 1 saturated heterocycles. The van der Waals surface area contributed by atoms with Crippen molar-refractivity contribution >= 4 is 11.7 Å². The van der Waals surface area contributed by atoms with E-state index in [4.69, 9.17) is 9.47 Å². The van der Waals surface area contributed by atoms with Crippen molar-refractivity contribution in [3.05, 3.63) is 54.1 Å². The summed E-state index contributed by atoms with van der Waals surface area (Å²) in [6.07, 6.45) is 0.785. The van der Waals surface area contributed by atoms with E-state index in [1.807, 2.05) is 29.2 Å². The van der Waals surface area contributed by atoms with Crippen molar-refractivity contribution in [2.45, 2.75) is 19.4 Å². The third kappa shape index (κ3) is 4.32.